The van der Waals surface area contributed by atoms with Gasteiger partial charge in [-0.15, -0.1) is 0 Å². The molecule has 0 aromatic rings. The summed E-state index contributed by atoms with van der Waals surface area (Å²) >= 11 is 0. The third-order valence-corrected chi connectivity index (χ3v) is 3.43. The van der Waals surface area contributed by atoms with E-state index in [1.165, 1.54) is 12.8 Å². The van der Waals surface area contributed by atoms with Crippen LogP contribution in [0.3, 0.4) is 0 Å². The summed E-state index contributed by atoms with van der Waals surface area (Å²) in [5.41, 5.74) is 0. The van der Waals surface area contributed by atoms with E-state index >= 15 is 0 Å². The van der Waals surface area contributed by atoms with Crippen LogP contribution in [-0.4, -0.2) is 48.6 Å². The zero-order chi connectivity index (χ0) is 11.3. The van der Waals surface area contributed by atoms with Gasteiger partial charge in [-0.3, -0.25) is 4.90 Å². The first-order valence-corrected chi connectivity index (χ1v) is 6.00. The first-order chi connectivity index (χ1) is 7.19. The second-order valence-electron chi connectivity index (χ2n) is 4.63. The molecule has 1 rings (SSSR count). The molecule has 1 fully saturated rings. The van der Waals surface area contributed by atoms with Crippen molar-refractivity contribution in [3.63, 3.8) is 0 Å². The third-order valence-electron chi connectivity index (χ3n) is 3.43. The van der Waals surface area contributed by atoms with Gasteiger partial charge in [-0.05, 0) is 39.9 Å². The molecule has 2 unspecified atom stereocenters. The van der Waals surface area contributed by atoms with Crippen molar-refractivity contribution >= 4 is 0 Å². The standard InChI is InChI=1S/C12H23N3/c1-4-8-15-10-12(5-7-13)14(3)9-6-11(15)2/h11-12H,4-6,8-10H2,1-3H3. The summed E-state index contributed by atoms with van der Waals surface area (Å²) in [7, 11) is 2.14. The van der Waals surface area contributed by atoms with Crippen LogP contribution in [0.5, 0.6) is 0 Å². The second kappa shape index (κ2) is 6.09. The van der Waals surface area contributed by atoms with Crippen molar-refractivity contribution < 1.29 is 0 Å². The molecule has 3 heteroatoms. The maximum absolute atomic E-state index is 8.81. The minimum absolute atomic E-state index is 0.423. The minimum atomic E-state index is 0.423. The van der Waals surface area contributed by atoms with Crippen molar-refractivity contribution in [1.29, 1.82) is 5.26 Å². The van der Waals surface area contributed by atoms with Gasteiger partial charge in [0.15, 0.2) is 0 Å². The van der Waals surface area contributed by atoms with Crippen LogP contribution in [0.25, 0.3) is 0 Å². The van der Waals surface area contributed by atoms with E-state index in [4.69, 9.17) is 5.26 Å². The lowest BCUT2D eigenvalue weighted by Gasteiger charge is -2.29. The molecule has 1 heterocycles. The molecule has 0 radical (unpaired) electrons. The third kappa shape index (κ3) is 3.48. The van der Waals surface area contributed by atoms with Gasteiger partial charge in [-0.2, -0.15) is 5.26 Å². The Balaban J connectivity index is 2.61. The van der Waals surface area contributed by atoms with Crippen molar-refractivity contribution in [1.82, 2.24) is 9.80 Å². The number of likely N-dealkylation sites (N-methyl/N-ethyl adjacent to an activating group) is 1. The molecule has 3 nitrogen and oxygen atoms in total. The fourth-order valence-corrected chi connectivity index (χ4v) is 2.27. The lowest BCUT2D eigenvalue weighted by atomic mass is 10.2. The lowest BCUT2D eigenvalue weighted by molar-refractivity contribution is 0.182. The van der Waals surface area contributed by atoms with Crippen molar-refractivity contribution in [3.05, 3.63) is 0 Å². The van der Waals surface area contributed by atoms with Crippen LogP contribution in [0.1, 0.15) is 33.1 Å². The fourth-order valence-electron chi connectivity index (χ4n) is 2.27. The summed E-state index contributed by atoms with van der Waals surface area (Å²) in [6.07, 6.45) is 3.08. The first-order valence-electron chi connectivity index (χ1n) is 6.00. The Hall–Kier alpha value is -0.590. The van der Waals surface area contributed by atoms with Crippen molar-refractivity contribution in [2.45, 2.75) is 45.2 Å². The molecule has 1 aliphatic heterocycles. The normalized spacial score (nSPS) is 29.7. The van der Waals surface area contributed by atoms with Gasteiger partial charge < -0.3 is 4.90 Å². The molecule has 0 aromatic heterocycles. The van der Waals surface area contributed by atoms with Crippen LogP contribution in [0.2, 0.25) is 0 Å². The maximum atomic E-state index is 8.81. The summed E-state index contributed by atoms with van der Waals surface area (Å²) < 4.78 is 0. The molecule has 15 heavy (non-hydrogen) atoms. The lowest BCUT2D eigenvalue weighted by Crippen LogP contribution is -2.40. The summed E-state index contributed by atoms with van der Waals surface area (Å²) in [6, 6.07) is 3.39. The molecule has 0 amide bonds. The van der Waals surface area contributed by atoms with E-state index in [9.17, 15) is 0 Å². The number of hydrogen-bond acceptors (Lipinski definition) is 3. The van der Waals surface area contributed by atoms with Gasteiger partial charge in [0.05, 0.1) is 12.5 Å². The molecule has 0 aliphatic carbocycles. The van der Waals surface area contributed by atoms with Crippen molar-refractivity contribution in [2.75, 3.05) is 26.7 Å². The average Bonchev–Trinajstić information content (AvgIpc) is 2.34. The van der Waals surface area contributed by atoms with E-state index in [1.807, 2.05) is 0 Å². The predicted octanol–water partition coefficient (Wildman–Crippen LogP) is 1.70. The SMILES string of the molecule is CCCN1CC(CC#N)N(C)CCC1C. The Morgan fingerprint density at radius 2 is 2.20 bits per heavy atom. The van der Waals surface area contributed by atoms with Crippen molar-refractivity contribution in [3.8, 4) is 6.07 Å². The topological polar surface area (TPSA) is 30.3 Å². The van der Waals surface area contributed by atoms with Crippen molar-refractivity contribution in [2.24, 2.45) is 0 Å². The number of nitriles is 1. The fraction of sp³-hybridized carbons (Fsp3) is 0.917. The van der Waals surface area contributed by atoms with Gasteiger partial charge in [-0.25, -0.2) is 0 Å². The maximum Gasteiger partial charge on any atom is 0.0638 e. The molecule has 1 saturated heterocycles. The van der Waals surface area contributed by atoms with Crippen LogP contribution in [0.4, 0.5) is 0 Å². The highest BCUT2D eigenvalue weighted by molar-refractivity contribution is 4.88. The van der Waals surface area contributed by atoms with Crippen LogP contribution < -0.4 is 0 Å². The molecular weight excluding hydrogens is 186 g/mol. The summed E-state index contributed by atoms with van der Waals surface area (Å²) in [6.45, 7) is 7.86. The first kappa shape index (κ1) is 12.5. The monoisotopic (exact) mass is 209 g/mol. The van der Waals surface area contributed by atoms with E-state index in [2.05, 4.69) is 36.8 Å². The molecular formula is C12H23N3. The van der Waals surface area contributed by atoms with E-state index in [0.717, 1.165) is 19.6 Å². The number of nitrogens with zero attached hydrogens (tertiary/aromatic N) is 3. The van der Waals surface area contributed by atoms with Crippen LogP contribution >= 0.6 is 0 Å². The van der Waals surface area contributed by atoms with Crippen LogP contribution in [0.15, 0.2) is 0 Å². The van der Waals surface area contributed by atoms with Crippen LogP contribution in [0, 0.1) is 11.3 Å². The molecule has 0 spiro atoms. The number of rotatable bonds is 3. The second-order valence-corrected chi connectivity index (χ2v) is 4.63. The van der Waals surface area contributed by atoms with E-state index in [-0.39, 0.29) is 0 Å². The highest BCUT2D eigenvalue weighted by atomic mass is 15.2. The Bertz CT molecular complexity index is 221. The molecule has 1 aliphatic rings. The van der Waals surface area contributed by atoms with Gasteiger partial charge in [0.2, 0.25) is 0 Å². The quantitative estimate of drug-likeness (QED) is 0.709. The average molecular weight is 209 g/mol. The molecule has 0 N–H and O–H groups in total. The summed E-state index contributed by atoms with van der Waals surface area (Å²) in [4.78, 5) is 4.88. The van der Waals surface area contributed by atoms with Gasteiger partial charge in [0.25, 0.3) is 0 Å². The van der Waals surface area contributed by atoms with E-state index < -0.39 is 0 Å². The molecule has 86 valence electrons. The van der Waals surface area contributed by atoms with Crippen LogP contribution in [-0.2, 0) is 0 Å². The Labute approximate surface area is 93.7 Å². The smallest absolute Gasteiger partial charge is 0.0638 e. The largest absolute Gasteiger partial charge is 0.301 e. The Morgan fingerprint density at radius 3 is 2.80 bits per heavy atom. The minimum Gasteiger partial charge on any atom is -0.301 e. The molecule has 0 saturated carbocycles. The van der Waals surface area contributed by atoms with Gasteiger partial charge in [-0.1, -0.05) is 6.92 Å². The molecule has 2 atom stereocenters. The summed E-state index contributed by atoms with van der Waals surface area (Å²) in [5, 5.41) is 8.81. The van der Waals surface area contributed by atoms with Gasteiger partial charge >= 0.3 is 0 Å². The van der Waals surface area contributed by atoms with E-state index in [1.54, 1.807) is 0 Å². The Morgan fingerprint density at radius 1 is 1.47 bits per heavy atom. The Kier molecular flexibility index (Phi) is 5.07. The predicted molar refractivity (Wildman–Crippen MR) is 62.6 cm³/mol. The van der Waals surface area contributed by atoms with Gasteiger partial charge in [0.1, 0.15) is 0 Å². The highest BCUT2D eigenvalue weighted by Crippen LogP contribution is 2.16. The number of hydrogen-bond donors (Lipinski definition) is 0. The molecule has 0 bridgehead atoms. The highest BCUT2D eigenvalue weighted by Gasteiger charge is 2.25. The zero-order valence-corrected chi connectivity index (χ0v) is 10.2. The zero-order valence-electron chi connectivity index (χ0n) is 10.2. The summed E-state index contributed by atoms with van der Waals surface area (Å²) in [5.74, 6) is 0. The van der Waals surface area contributed by atoms with Gasteiger partial charge in [0, 0.05) is 18.6 Å². The molecule has 0 aromatic carbocycles. The van der Waals surface area contributed by atoms with E-state index in [0.29, 0.717) is 18.5 Å².